The molecule has 0 saturated carbocycles. The van der Waals surface area contributed by atoms with Gasteiger partial charge in [0.25, 0.3) is 0 Å². The van der Waals surface area contributed by atoms with Crippen molar-refractivity contribution < 1.29 is 19.1 Å². The number of carbonyl (C=O) groups is 2. The highest BCUT2D eigenvalue weighted by atomic mass is 127. The molecule has 2 rings (SSSR count). The molecule has 1 aliphatic rings. The monoisotopic (exact) mass is 406 g/mol. The number of piperidine rings is 1. The molecule has 1 aromatic rings. The molecular formula is C14H16FIN2O3. The van der Waals surface area contributed by atoms with Crippen molar-refractivity contribution in [1.29, 1.82) is 0 Å². The van der Waals surface area contributed by atoms with Gasteiger partial charge in [-0.15, -0.1) is 0 Å². The number of anilines is 1. The minimum atomic E-state index is -0.906. The second-order valence-corrected chi connectivity index (χ2v) is 6.16. The van der Waals surface area contributed by atoms with Crippen molar-refractivity contribution in [2.24, 2.45) is 0 Å². The zero-order valence-corrected chi connectivity index (χ0v) is 13.5. The van der Waals surface area contributed by atoms with E-state index in [2.05, 4.69) is 5.32 Å². The van der Waals surface area contributed by atoms with Gasteiger partial charge in [0, 0.05) is 16.2 Å². The van der Waals surface area contributed by atoms with Gasteiger partial charge in [0.1, 0.15) is 5.82 Å². The maximum Gasteiger partial charge on any atom is 0.322 e. The molecule has 0 radical (unpaired) electrons. The first-order valence-electron chi connectivity index (χ1n) is 6.72. The fourth-order valence-corrected chi connectivity index (χ4v) is 3.07. The van der Waals surface area contributed by atoms with E-state index >= 15 is 0 Å². The Balaban J connectivity index is 2.08. The summed E-state index contributed by atoms with van der Waals surface area (Å²) in [6, 6.07) is 3.51. The topological polar surface area (TPSA) is 69.6 Å². The van der Waals surface area contributed by atoms with Gasteiger partial charge >= 0.3 is 12.0 Å². The number of urea groups is 1. The molecule has 1 aliphatic heterocycles. The van der Waals surface area contributed by atoms with Gasteiger partial charge in [-0.25, -0.2) is 9.18 Å². The van der Waals surface area contributed by atoms with Gasteiger partial charge in [-0.05, 0) is 60.1 Å². The minimum absolute atomic E-state index is 0.0477. The lowest BCUT2D eigenvalue weighted by Gasteiger charge is -2.35. The van der Waals surface area contributed by atoms with Crippen LogP contribution >= 0.6 is 22.6 Å². The summed E-state index contributed by atoms with van der Waals surface area (Å²) in [7, 11) is 0. The van der Waals surface area contributed by atoms with E-state index in [0.717, 1.165) is 12.8 Å². The molecule has 7 heteroatoms. The lowest BCUT2D eigenvalue weighted by molar-refractivity contribution is -0.138. The number of carbonyl (C=O) groups excluding carboxylic acids is 1. The van der Waals surface area contributed by atoms with Crippen LogP contribution in [0.2, 0.25) is 0 Å². The van der Waals surface area contributed by atoms with Crippen molar-refractivity contribution in [3.8, 4) is 0 Å². The molecule has 0 aromatic heterocycles. The van der Waals surface area contributed by atoms with Gasteiger partial charge in [-0.3, -0.25) is 4.79 Å². The lowest BCUT2D eigenvalue weighted by Crippen LogP contribution is -2.46. The van der Waals surface area contributed by atoms with Crippen molar-refractivity contribution in [3.63, 3.8) is 0 Å². The highest BCUT2D eigenvalue weighted by Gasteiger charge is 2.28. The maximum absolute atomic E-state index is 13.1. The van der Waals surface area contributed by atoms with Crippen molar-refractivity contribution in [2.75, 3.05) is 11.9 Å². The molecule has 5 nitrogen and oxygen atoms in total. The summed E-state index contributed by atoms with van der Waals surface area (Å²) in [6.07, 6.45) is 2.44. The number of hydrogen-bond acceptors (Lipinski definition) is 2. The third-order valence-corrected chi connectivity index (χ3v) is 4.36. The third kappa shape index (κ3) is 4.29. The second-order valence-electron chi connectivity index (χ2n) is 5.00. The number of benzene rings is 1. The normalized spacial score (nSPS) is 18.4. The summed E-state index contributed by atoms with van der Waals surface area (Å²) in [5, 5.41) is 11.7. The van der Waals surface area contributed by atoms with Gasteiger partial charge < -0.3 is 15.3 Å². The van der Waals surface area contributed by atoms with E-state index in [1.54, 1.807) is 4.90 Å². The van der Waals surface area contributed by atoms with Crippen LogP contribution in [0.4, 0.5) is 14.9 Å². The Labute approximate surface area is 135 Å². The molecule has 1 fully saturated rings. The first-order chi connectivity index (χ1) is 9.97. The first kappa shape index (κ1) is 16.0. The molecule has 114 valence electrons. The predicted molar refractivity (Wildman–Crippen MR) is 84.7 cm³/mol. The zero-order chi connectivity index (χ0) is 15.4. The third-order valence-electron chi connectivity index (χ3n) is 3.47. The van der Waals surface area contributed by atoms with Crippen LogP contribution in [0.25, 0.3) is 0 Å². The zero-order valence-electron chi connectivity index (χ0n) is 11.3. The van der Waals surface area contributed by atoms with Crippen LogP contribution in [0.1, 0.15) is 25.7 Å². The lowest BCUT2D eigenvalue weighted by atomic mass is 10.00. The van der Waals surface area contributed by atoms with Gasteiger partial charge in [0.2, 0.25) is 0 Å². The Morgan fingerprint density at radius 1 is 1.43 bits per heavy atom. The number of likely N-dealkylation sites (tertiary alicyclic amines) is 1. The molecule has 2 amide bonds. The molecule has 1 saturated heterocycles. The fraction of sp³-hybridized carbons (Fsp3) is 0.429. The Morgan fingerprint density at radius 2 is 2.19 bits per heavy atom. The largest absolute Gasteiger partial charge is 0.481 e. The smallest absolute Gasteiger partial charge is 0.322 e. The molecule has 21 heavy (non-hydrogen) atoms. The summed E-state index contributed by atoms with van der Waals surface area (Å²) >= 11 is 1.95. The van der Waals surface area contributed by atoms with Crippen LogP contribution in [0, 0.1) is 9.39 Å². The number of amides is 2. The maximum atomic E-state index is 13.1. The summed E-state index contributed by atoms with van der Waals surface area (Å²) in [5.41, 5.74) is 0.529. The summed E-state index contributed by atoms with van der Waals surface area (Å²) in [6.45, 7) is 0.543. The molecule has 1 aromatic carbocycles. The van der Waals surface area contributed by atoms with Crippen molar-refractivity contribution in [2.45, 2.75) is 31.7 Å². The summed E-state index contributed by atoms with van der Waals surface area (Å²) < 4.78 is 13.7. The summed E-state index contributed by atoms with van der Waals surface area (Å²) in [4.78, 5) is 24.8. The molecule has 1 atom stereocenters. The van der Waals surface area contributed by atoms with E-state index in [4.69, 9.17) is 5.11 Å². The number of rotatable bonds is 3. The van der Waals surface area contributed by atoms with Crippen molar-refractivity contribution in [3.05, 3.63) is 27.6 Å². The second kappa shape index (κ2) is 7.06. The Hall–Kier alpha value is -1.38. The molecule has 0 aliphatic carbocycles. The quantitative estimate of drug-likeness (QED) is 0.758. The fourth-order valence-electron chi connectivity index (χ4n) is 2.46. The van der Waals surface area contributed by atoms with Crippen LogP contribution in [0.3, 0.4) is 0 Å². The van der Waals surface area contributed by atoms with Crippen LogP contribution < -0.4 is 5.32 Å². The first-order valence-corrected chi connectivity index (χ1v) is 7.79. The Kier molecular flexibility index (Phi) is 5.38. The number of nitrogens with one attached hydrogen (secondary N) is 1. The van der Waals surface area contributed by atoms with E-state index in [1.807, 2.05) is 22.6 Å². The molecule has 0 bridgehead atoms. The molecule has 0 spiro atoms. The number of carboxylic acids is 1. The van der Waals surface area contributed by atoms with E-state index in [9.17, 15) is 14.0 Å². The van der Waals surface area contributed by atoms with Gasteiger partial charge in [-0.2, -0.15) is 0 Å². The SMILES string of the molecule is O=C(O)CC1CCCCN1C(=O)Nc1ccc(F)cc1I. The average molecular weight is 406 g/mol. The van der Waals surface area contributed by atoms with E-state index < -0.39 is 5.97 Å². The van der Waals surface area contributed by atoms with Gasteiger partial charge in [-0.1, -0.05) is 0 Å². The van der Waals surface area contributed by atoms with E-state index in [1.165, 1.54) is 18.2 Å². The van der Waals surface area contributed by atoms with Crippen molar-refractivity contribution >= 4 is 40.3 Å². The number of nitrogens with zero attached hydrogens (tertiary/aromatic N) is 1. The number of halogens is 2. The molecule has 2 N–H and O–H groups in total. The standard InChI is InChI=1S/C14H16FIN2O3/c15-9-4-5-12(11(16)7-9)17-14(21)18-6-2-1-3-10(18)8-13(19)20/h4-5,7,10H,1-3,6,8H2,(H,17,21)(H,19,20). The Bertz CT molecular complexity index is 553. The average Bonchev–Trinajstić information content (AvgIpc) is 2.42. The number of hydrogen-bond donors (Lipinski definition) is 2. The predicted octanol–water partition coefficient (Wildman–Crippen LogP) is 3.29. The minimum Gasteiger partial charge on any atom is -0.481 e. The highest BCUT2D eigenvalue weighted by molar-refractivity contribution is 14.1. The van der Waals surface area contributed by atoms with Gasteiger partial charge in [0.15, 0.2) is 0 Å². The molecule has 1 heterocycles. The summed E-state index contributed by atoms with van der Waals surface area (Å²) in [5.74, 6) is -1.27. The highest BCUT2D eigenvalue weighted by Crippen LogP contribution is 2.23. The number of carboxylic acid groups (broad SMARTS) is 1. The van der Waals surface area contributed by atoms with Crippen LogP contribution in [-0.2, 0) is 4.79 Å². The molecule has 1 unspecified atom stereocenters. The van der Waals surface area contributed by atoms with Crippen molar-refractivity contribution in [1.82, 2.24) is 4.90 Å². The van der Waals surface area contributed by atoms with Crippen LogP contribution in [0.15, 0.2) is 18.2 Å². The Morgan fingerprint density at radius 3 is 2.86 bits per heavy atom. The van der Waals surface area contributed by atoms with Gasteiger partial charge in [0.05, 0.1) is 12.1 Å². The van der Waals surface area contributed by atoms with Crippen LogP contribution in [0.5, 0.6) is 0 Å². The van der Waals surface area contributed by atoms with E-state index in [0.29, 0.717) is 22.2 Å². The number of aliphatic carboxylic acids is 1. The molecular weight excluding hydrogens is 390 g/mol. The van der Waals surface area contributed by atoms with E-state index in [-0.39, 0.29) is 24.3 Å². The van der Waals surface area contributed by atoms with Crippen LogP contribution in [-0.4, -0.2) is 34.6 Å².